The first kappa shape index (κ1) is 10.2. The van der Waals surface area contributed by atoms with Crippen molar-refractivity contribution in [3.8, 4) is 16.9 Å². The van der Waals surface area contributed by atoms with E-state index in [1.54, 1.807) is 7.11 Å². The Morgan fingerprint density at radius 2 is 2.00 bits per heavy atom. The summed E-state index contributed by atoms with van der Waals surface area (Å²) in [7, 11) is 1.77. The van der Waals surface area contributed by atoms with E-state index in [4.69, 9.17) is 4.74 Å². The van der Waals surface area contributed by atoms with E-state index in [9.17, 15) is 0 Å². The van der Waals surface area contributed by atoms with Gasteiger partial charge in [0.25, 0.3) is 0 Å². The lowest BCUT2D eigenvalue weighted by Gasteiger charge is -2.31. The molecule has 2 aliphatic carbocycles. The van der Waals surface area contributed by atoms with Crippen LogP contribution < -0.4 is 4.74 Å². The maximum atomic E-state index is 5.55. The van der Waals surface area contributed by atoms with Crippen LogP contribution in [0.4, 0.5) is 0 Å². The van der Waals surface area contributed by atoms with Gasteiger partial charge in [-0.15, -0.1) is 0 Å². The average Bonchev–Trinajstić information content (AvgIpc) is 2.72. The highest BCUT2D eigenvalue weighted by Gasteiger charge is 2.33. The molecule has 1 unspecified atom stereocenters. The molecule has 4 rings (SSSR count). The van der Waals surface area contributed by atoms with Crippen molar-refractivity contribution in [1.29, 1.82) is 0 Å². The van der Waals surface area contributed by atoms with Gasteiger partial charge in [0, 0.05) is 6.42 Å². The smallest absolute Gasteiger partial charge is 0.122 e. The van der Waals surface area contributed by atoms with Crippen LogP contribution in [0.1, 0.15) is 35.1 Å². The molecule has 0 heterocycles. The van der Waals surface area contributed by atoms with E-state index in [0.717, 1.165) is 12.2 Å². The second kappa shape index (κ2) is 3.38. The molecule has 2 aromatic rings. The normalized spacial score (nSPS) is 18.7. The van der Waals surface area contributed by atoms with Crippen molar-refractivity contribution in [3.05, 3.63) is 59.0 Å². The lowest BCUT2D eigenvalue weighted by atomic mass is 9.74. The standard InChI is InChI=1S/C17H15O/c1-10-7-15-16(18-2)9-13-12-6-4-3-5-11(12)8-14(13)17(10)15/h3-6,8-10H,7H2,1-2H3. The predicted molar refractivity (Wildman–Crippen MR) is 73.1 cm³/mol. The topological polar surface area (TPSA) is 9.23 Å². The van der Waals surface area contributed by atoms with E-state index >= 15 is 0 Å². The Hall–Kier alpha value is -1.76. The van der Waals surface area contributed by atoms with Crippen molar-refractivity contribution in [1.82, 2.24) is 0 Å². The molecule has 0 bridgehead atoms. The molecular weight excluding hydrogens is 220 g/mol. The van der Waals surface area contributed by atoms with E-state index in [2.05, 4.69) is 43.7 Å². The fraction of sp³-hybridized carbons (Fsp3) is 0.235. The molecule has 0 fully saturated rings. The molecule has 0 saturated heterocycles. The van der Waals surface area contributed by atoms with Crippen molar-refractivity contribution in [2.75, 3.05) is 7.11 Å². The van der Waals surface area contributed by atoms with Crippen LogP contribution in [-0.2, 0) is 6.42 Å². The fourth-order valence-electron chi connectivity index (χ4n) is 3.37. The van der Waals surface area contributed by atoms with Crippen LogP contribution in [0.15, 0.2) is 30.3 Å². The number of rotatable bonds is 1. The van der Waals surface area contributed by atoms with E-state index in [0.29, 0.717) is 5.92 Å². The molecule has 0 amide bonds. The quantitative estimate of drug-likeness (QED) is 0.621. The fourth-order valence-corrected chi connectivity index (χ4v) is 3.37. The van der Waals surface area contributed by atoms with Gasteiger partial charge < -0.3 is 4.74 Å². The van der Waals surface area contributed by atoms with E-state index in [1.165, 1.54) is 33.4 Å². The predicted octanol–water partition coefficient (Wildman–Crippen LogP) is 3.94. The minimum absolute atomic E-state index is 0.661. The molecule has 0 aromatic heterocycles. The summed E-state index contributed by atoms with van der Waals surface area (Å²) in [6.07, 6.45) is 3.48. The van der Waals surface area contributed by atoms with E-state index in [1.807, 2.05) is 0 Å². The van der Waals surface area contributed by atoms with Crippen LogP contribution in [0.3, 0.4) is 0 Å². The van der Waals surface area contributed by atoms with Crippen LogP contribution in [0.2, 0.25) is 0 Å². The van der Waals surface area contributed by atoms with Gasteiger partial charge >= 0.3 is 0 Å². The molecule has 1 atom stereocenters. The van der Waals surface area contributed by atoms with Crippen molar-refractivity contribution < 1.29 is 4.74 Å². The Balaban J connectivity index is 2.02. The zero-order chi connectivity index (χ0) is 12.3. The molecule has 2 aliphatic rings. The first-order valence-corrected chi connectivity index (χ1v) is 6.47. The molecule has 2 aromatic carbocycles. The van der Waals surface area contributed by atoms with Gasteiger partial charge in [-0.3, -0.25) is 0 Å². The highest BCUT2D eigenvalue weighted by Crippen LogP contribution is 2.51. The first-order valence-electron chi connectivity index (χ1n) is 6.47. The third-order valence-electron chi connectivity index (χ3n) is 4.25. The third-order valence-corrected chi connectivity index (χ3v) is 4.25. The molecular formula is C17H15O. The van der Waals surface area contributed by atoms with Gasteiger partial charge in [0.2, 0.25) is 0 Å². The SMILES string of the molecule is COc1cc2c(c3c1CC3C)[CH]c1ccccc1-2. The summed E-state index contributed by atoms with van der Waals surface area (Å²) in [6, 6.07) is 10.8. The molecule has 89 valence electrons. The maximum Gasteiger partial charge on any atom is 0.122 e. The summed E-state index contributed by atoms with van der Waals surface area (Å²) in [4.78, 5) is 0. The number of hydrogen-bond acceptors (Lipinski definition) is 1. The Bertz CT molecular complexity index is 655. The van der Waals surface area contributed by atoms with Crippen LogP contribution in [-0.4, -0.2) is 7.11 Å². The van der Waals surface area contributed by atoms with Crippen LogP contribution in [0, 0.1) is 6.42 Å². The zero-order valence-corrected chi connectivity index (χ0v) is 10.7. The summed E-state index contributed by atoms with van der Waals surface area (Å²) in [5, 5.41) is 0. The van der Waals surface area contributed by atoms with Crippen molar-refractivity contribution in [2.45, 2.75) is 19.3 Å². The molecule has 1 nitrogen and oxygen atoms in total. The van der Waals surface area contributed by atoms with Crippen LogP contribution in [0.5, 0.6) is 5.75 Å². The van der Waals surface area contributed by atoms with Crippen LogP contribution >= 0.6 is 0 Å². The number of hydrogen-bond donors (Lipinski definition) is 0. The molecule has 1 heteroatoms. The lowest BCUT2D eigenvalue weighted by Crippen LogP contribution is -2.18. The highest BCUT2D eigenvalue weighted by atomic mass is 16.5. The summed E-state index contributed by atoms with van der Waals surface area (Å²) < 4.78 is 5.55. The largest absolute Gasteiger partial charge is 0.496 e. The van der Waals surface area contributed by atoms with Crippen molar-refractivity contribution in [2.24, 2.45) is 0 Å². The number of fused-ring (bicyclic) bond motifs is 5. The van der Waals surface area contributed by atoms with Crippen molar-refractivity contribution in [3.63, 3.8) is 0 Å². The number of methoxy groups -OCH3 is 1. The molecule has 0 spiro atoms. The first-order chi connectivity index (χ1) is 8.79. The second-order valence-corrected chi connectivity index (χ2v) is 5.27. The monoisotopic (exact) mass is 235 g/mol. The number of ether oxygens (including phenoxy) is 1. The Morgan fingerprint density at radius 1 is 1.17 bits per heavy atom. The second-order valence-electron chi connectivity index (χ2n) is 5.27. The van der Waals surface area contributed by atoms with Gasteiger partial charge in [-0.25, -0.2) is 0 Å². The summed E-state index contributed by atoms with van der Waals surface area (Å²) in [5.74, 6) is 1.72. The zero-order valence-electron chi connectivity index (χ0n) is 10.7. The molecule has 0 N–H and O–H groups in total. The third kappa shape index (κ3) is 1.12. The average molecular weight is 235 g/mol. The maximum absolute atomic E-state index is 5.55. The van der Waals surface area contributed by atoms with E-state index in [-0.39, 0.29) is 0 Å². The summed E-state index contributed by atoms with van der Waals surface area (Å²) >= 11 is 0. The summed E-state index contributed by atoms with van der Waals surface area (Å²) in [6.45, 7) is 2.30. The lowest BCUT2D eigenvalue weighted by molar-refractivity contribution is 0.401. The van der Waals surface area contributed by atoms with Crippen LogP contribution in [0.25, 0.3) is 11.1 Å². The Kier molecular flexibility index (Phi) is 1.91. The van der Waals surface area contributed by atoms with Crippen molar-refractivity contribution >= 4 is 0 Å². The molecule has 0 saturated carbocycles. The minimum atomic E-state index is 0.661. The number of benzene rings is 2. The molecule has 1 radical (unpaired) electrons. The molecule has 18 heavy (non-hydrogen) atoms. The van der Waals surface area contributed by atoms with Gasteiger partial charge in [0.05, 0.1) is 7.11 Å². The van der Waals surface area contributed by atoms with Gasteiger partial charge in [-0.2, -0.15) is 0 Å². The van der Waals surface area contributed by atoms with Gasteiger partial charge in [0.15, 0.2) is 0 Å². The minimum Gasteiger partial charge on any atom is -0.496 e. The van der Waals surface area contributed by atoms with Gasteiger partial charge in [-0.1, -0.05) is 31.2 Å². The Morgan fingerprint density at radius 3 is 2.78 bits per heavy atom. The highest BCUT2D eigenvalue weighted by molar-refractivity contribution is 5.85. The summed E-state index contributed by atoms with van der Waals surface area (Å²) in [5.41, 5.74) is 8.35. The molecule has 0 aliphatic heterocycles. The van der Waals surface area contributed by atoms with E-state index < -0.39 is 0 Å². The Labute approximate surface area is 107 Å². The van der Waals surface area contributed by atoms with Gasteiger partial charge in [-0.05, 0) is 51.8 Å². The van der Waals surface area contributed by atoms with Gasteiger partial charge in [0.1, 0.15) is 5.75 Å².